The van der Waals surface area contributed by atoms with E-state index in [4.69, 9.17) is 0 Å². The Hall–Kier alpha value is -4.27. The Labute approximate surface area is 340 Å². The van der Waals surface area contributed by atoms with Crippen molar-refractivity contribution in [2.24, 2.45) is 10.8 Å². The maximum atomic E-state index is 13.6. The van der Waals surface area contributed by atoms with Gasteiger partial charge in [-0.15, -0.1) is 74.5 Å². The Morgan fingerprint density at radius 3 is 1.24 bits per heavy atom. The number of rotatable bonds is 14. The number of carbonyl (C=O) groups excluding carboxylic acids is 2. The largest absolute Gasteiger partial charge is 4.00 e. The molecule has 9 heteroatoms. The van der Waals surface area contributed by atoms with Crippen LogP contribution in [0.1, 0.15) is 62.5 Å². The quantitative estimate of drug-likeness (QED) is 0.0829. The SMILES string of the molecule is C=CCC1(CC=C)CCN(CCc2ccc(F)[c-]c2F)C1=O.C=CCC1(CC=C)CCN(CCc2ccc(F)[c-]c2F)C1=O.[C-]1=CC=CC1.[C-]1=CC=CC1.[Ti+4]. The number of hydrogen-bond acceptors (Lipinski definition) is 2. The van der Waals surface area contributed by atoms with Gasteiger partial charge in [-0.2, -0.15) is 24.3 Å². The summed E-state index contributed by atoms with van der Waals surface area (Å²) in [5.41, 5.74) is -0.146. The van der Waals surface area contributed by atoms with E-state index < -0.39 is 34.1 Å². The summed E-state index contributed by atoms with van der Waals surface area (Å²) in [7, 11) is 0. The predicted octanol–water partition coefficient (Wildman–Crippen LogP) is 9.97. The molecule has 0 unspecified atom stereocenters. The van der Waals surface area contributed by atoms with Gasteiger partial charge in [-0.25, -0.2) is 41.9 Å². The summed E-state index contributed by atoms with van der Waals surface area (Å²) in [4.78, 5) is 28.8. The zero-order valence-electron chi connectivity index (χ0n) is 31.5. The van der Waals surface area contributed by atoms with Crippen LogP contribution in [-0.4, -0.2) is 47.8 Å². The summed E-state index contributed by atoms with van der Waals surface area (Å²) in [6.45, 7) is 17.1. The molecule has 2 fully saturated rings. The Balaban J connectivity index is 0.000000298. The van der Waals surface area contributed by atoms with Gasteiger partial charge in [0.15, 0.2) is 0 Å². The van der Waals surface area contributed by atoms with Gasteiger partial charge in [-0.3, -0.25) is 21.7 Å². The molecule has 0 radical (unpaired) electrons. The van der Waals surface area contributed by atoms with Crippen molar-refractivity contribution >= 4 is 11.8 Å². The summed E-state index contributed by atoms with van der Waals surface area (Å²) < 4.78 is 52.9. The minimum Gasteiger partial charge on any atom is -0.343 e. The van der Waals surface area contributed by atoms with Crippen molar-refractivity contribution in [1.29, 1.82) is 0 Å². The van der Waals surface area contributed by atoms with Crippen molar-refractivity contribution in [1.82, 2.24) is 9.80 Å². The second-order valence-electron chi connectivity index (χ2n) is 13.4. The van der Waals surface area contributed by atoms with Gasteiger partial charge in [-0.05, 0) is 38.5 Å². The Morgan fingerprint density at radius 1 is 0.618 bits per heavy atom. The zero-order valence-corrected chi connectivity index (χ0v) is 33.1. The van der Waals surface area contributed by atoms with E-state index in [0.29, 0.717) is 75.8 Å². The van der Waals surface area contributed by atoms with Crippen LogP contribution in [0.5, 0.6) is 0 Å². The molecule has 6 rings (SSSR count). The number of allylic oxidation sites excluding steroid dienone is 12. The van der Waals surface area contributed by atoms with Crippen LogP contribution in [-0.2, 0) is 44.1 Å². The first-order valence-corrected chi connectivity index (χ1v) is 18.2. The standard InChI is InChI=1S/2C18H20F2NO.2C5H5.Ti/c2*1-3-8-18(9-4-2)10-12-21(17(18)22)11-7-14-5-6-15(19)13-16(14)20;2*1-2-4-5-3-1;/h2*3-6H,1-2,7-12H2;2*1-3H,4H2;/q4*-1;+4. The number of amides is 2. The fourth-order valence-corrected chi connectivity index (χ4v) is 6.77. The normalized spacial score (nSPS) is 16.7. The molecule has 288 valence electrons. The molecule has 4 nitrogen and oxygen atoms in total. The molecule has 2 amide bonds. The molecule has 55 heavy (non-hydrogen) atoms. The van der Waals surface area contributed by atoms with Gasteiger partial charge in [-0.1, -0.05) is 37.1 Å². The van der Waals surface area contributed by atoms with Crippen molar-refractivity contribution in [2.45, 2.75) is 64.2 Å². The monoisotopic (exact) mass is 786 g/mol. The topological polar surface area (TPSA) is 40.6 Å². The summed E-state index contributed by atoms with van der Waals surface area (Å²) in [5, 5.41) is 0. The van der Waals surface area contributed by atoms with E-state index in [2.05, 4.69) is 50.6 Å². The van der Waals surface area contributed by atoms with Gasteiger partial charge in [0.05, 0.1) is 10.8 Å². The molecular weight excluding hydrogens is 736 g/mol. The minimum absolute atomic E-state index is 0. The van der Waals surface area contributed by atoms with Crippen molar-refractivity contribution in [3.05, 3.63) is 170 Å². The Kier molecular flexibility index (Phi) is 20.7. The van der Waals surface area contributed by atoms with Crippen LogP contribution in [0.3, 0.4) is 0 Å². The third-order valence-corrected chi connectivity index (χ3v) is 9.70. The van der Waals surface area contributed by atoms with Crippen molar-refractivity contribution in [2.75, 3.05) is 26.2 Å². The average Bonchev–Trinajstić information content (AvgIpc) is 3.99. The summed E-state index contributed by atoms with van der Waals surface area (Å²) in [5.74, 6) is -2.66. The minimum atomic E-state index is -0.713. The number of carbonyl (C=O) groups is 2. The van der Waals surface area contributed by atoms with Crippen LogP contribution < -0.4 is 0 Å². The van der Waals surface area contributed by atoms with E-state index in [1.807, 2.05) is 36.4 Å². The number of benzene rings is 2. The number of halogens is 4. The molecular formula is C46H50F4N2O2Ti. The van der Waals surface area contributed by atoms with Gasteiger partial charge in [0.2, 0.25) is 11.8 Å². The van der Waals surface area contributed by atoms with E-state index in [9.17, 15) is 27.2 Å². The molecule has 0 saturated carbocycles. The van der Waals surface area contributed by atoms with Crippen LogP contribution in [0.25, 0.3) is 0 Å². The third kappa shape index (κ3) is 14.1. The Morgan fingerprint density at radius 2 is 0.982 bits per heavy atom. The molecule has 2 aromatic carbocycles. The summed E-state index contributed by atoms with van der Waals surface area (Å²) in [6, 6.07) is 9.22. The van der Waals surface area contributed by atoms with E-state index in [-0.39, 0.29) is 33.5 Å². The fraction of sp³-hybridized carbons (Fsp3) is 0.348. The van der Waals surface area contributed by atoms with Crippen molar-refractivity contribution in [3.8, 4) is 0 Å². The molecule has 0 spiro atoms. The van der Waals surface area contributed by atoms with E-state index >= 15 is 0 Å². The van der Waals surface area contributed by atoms with Crippen molar-refractivity contribution < 1.29 is 48.9 Å². The van der Waals surface area contributed by atoms with Crippen LogP contribution in [0.15, 0.2) is 111 Å². The zero-order chi connectivity index (χ0) is 39.4. The predicted molar refractivity (Wildman–Crippen MR) is 207 cm³/mol. The first-order valence-electron chi connectivity index (χ1n) is 18.2. The molecule has 4 aliphatic rings. The molecule has 0 aromatic heterocycles. The second kappa shape index (κ2) is 24.3. The smallest absolute Gasteiger partial charge is 0.343 e. The number of likely N-dealkylation sites (tertiary alicyclic amines) is 2. The Bertz CT molecular complexity index is 1560. The molecule has 0 atom stereocenters. The van der Waals surface area contributed by atoms with Gasteiger partial charge in [0.25, 0.3) is 0 Å². The molecule has 2 aromatic rings. The first kappa shape index (κ1) is 46.9. The average molecular weight is 787 g/mol. The number of hydrogen-bond donors (Lipinski definition) is 0. The molecule has 2 saturated heterocycles. The molecule has 2 aliphatic carbocycles. The van der Waals surface area contributed by atoms with Crippen molar-refractivity contribution in [3.63, 3.8) is 0 Å². The van der Waals surface area contributed by atoms with Gasteiger partial charge in [0.1, 0.15) is 0 Å². The van der Waals surface area contributed by atoms with Crippen LogP contribution in [0.2, 0.25) is 0 Å². The maximum Gasteiger partial charge on any atom is 4.00 e. The van der Waals surface area contributed by atoms with Gasteiger partial charge >= 0.3 is 21.7 Å². The van der Waals surface area contributed by atoms with E-state index in [1.165, 1.54) is 24.3 Å². The van der Waals surface area contributed by atoms with E-state index in [1.54, 1.807) is 34.1 Å². The summed E-state index contributed by atoms with van der Waals surface area (Å²) >= 11 is 0. The van der Waals surface area contributed by atoms with Gasteiger partial charge in [0, 0.05) is 49.4 Å². The molecule has 2 aliphatic heterocycles. The maximum absolute atomic E-state index is 13.6. The first-order chi connectivity index (χ1) is 26.0. The summed E-state index contributed by atoms with van der Waals surface area (Å²) in [6.07, 6.45) is 31.7. The van der Waals surface area contributed by atoms with Crippen LogP contribution in [0, 0.1) is 58.4 Å². The van der Waals surface area contributed by atoms with Crippen LogP contribution >= 0.6 is 0 Å². The molecule has 0 bridgehead atoms. The molecule has 0 N–H and O–H groups in total. The number of nitrogens with zero attached hydrogens (tertiary/aromatic N) is 2. The molecule has 2 heterocycles. The second-order valence-corrected chi connectivity index (χ2v) is 13.4. The van der Waals surface area contributed by atoms with Gasteiger partial charge < -0.3 is 9.80 Å². The van der Waals surface area contributed by atoms with Crippen LogP contribution in [0.4, 0.5) is 17.6 Å². The third-order valence-electron chi connectivity index (χ3n) is 9.70. The van der Waals surface area contributed by atoms with E-state index in [0.717, 1.165) is 25.7 Å². The fourth-order valence-electron chi connectivity index (χ4n) is 6.77.